The third-order valence-corrected chi connectivity index (χ3v) is 3.69. The number of benzene rings is 1. The molecule has 1 aliphatic rings. The van der Waals surface area contributed by atoms with Crippen molar-refractivity contribution in [1.29, 1.82) is 0 Å². The molecule has 1 fully saturated rings. The molecule has 21 heavy (non-hydrogen) atoms. The summed E-state index contributed by atoms with van der Waals surface area (Å²) in [4.78, 5) is 11.8. The number of ether oxygens (including phenoxy) is 1. The Hall–Kier alpha value is -1.65. The number of carbonyl (C=O) groups excluding carboxylic acids is 1. The van der Waals surface area contributed by atoms with E-state index in [1.807, 2.05) is 26.0 Å². The SMILES string of the molecule is Cc1cc(C)cc(/C=C/C(=O)NCC2(O)CCOCC2)c1. The van der Waals surface area contributed by atoms with E-state index in [1.165, 1.54) is 17.2 Å². The first-order valence-corrected chi connectivity index (χ1v) is 7.31. The fraction of sp³-hybridized carbons (Fsp3) is 0.471. The van der Waals surface area contributed by atoms with Gasteiger partial charge in [-0.15, -0.1) is 0 Å². The van der Waals surface area contributed by atoms with Crippen molar-refractivity contribution in [2.75, 3.05) is 19.8 Å². The zero-order valence-electron chi connectivity index (χ0n) is 12.7. The number of amides is 1. The van der Waals surface area contributed by atoms with Gasteiger partial charge in [0, 0.05) is 38.7 Å². The second kappa shape index (κ2) is 6.87. The van der Waals surface area contributed by atoms with Crippen LogP contribution in [0.3, 0.4) is 0 Å². The van der Waals surface area contributed by atoms with E-state index in [2.05, 4.69) is 11.4 Å². The molecule has 0 bridgehead atoms. The third kappa shape index (κ3) is 4.99. The van der Waals surface area contributed by atoms with Gasteiger partial charge in [0.25, 0.3) is 0 Å². The van der Waals surface area contributed by atoms with Crippen molar-refractivity contribution in [1.82, 2.24) is 5.32 Å². The molecule has 1 saturated heterocycles. The summed E-state index contributed by atoms with van der Waals surface area (Å²) in [6, 6.07) is 6.16. The van der Waals surface area contributed by atoms with Gasteiger partial charge < -0.3 is 15.2 Å². The van der Waals surface area contributed by atoms with E-state index < -0.39 is 5.60 Å². The molecule has 114 valence electrons. The summed E-state index contributed by atoms with van der Waals surface area (Å²) in [6.07, 6.45) is 4.43. The fourth-order valence-corrected chi connectivity index (χ4v) is 2.52. The highest BCUT2D eigenvalue weighted by molar-refractivity contribution is 5.91. The van der Waals surface area contributed by atoms with Crippen LogP contribution in [0.15, 0.2) is 24.3 Å². The third-order valence-electron chi connectivity index (χ3n) is 3.69. The number of rotatable bonds is 4. The summed E-state index contributed by atoms with van der Waals surface area (Å²) in [5, 5.41) is 13.0. The van der Waals surface area contributed by atoms with E-state index >= 15 is 0 Å². The maximum atomic E-state index is 11.8. The van der Waals surface area contributed by atoms with Gasteiger partial charge in [-0.25, -0.2) is 0 Å². The Bertz CT molecular complexity index is 511. The molecule has 0 aliphatic carbocycles. The molecule has 1 amide bonds. The number of hydrogen-bond donors (Lipinski definition) is 2. The molecule has 1 heterocycles. The van der Waals surface area contributed by atoms with Crippen LogP contribution < -0.4 is 5.32 Å². The first-order chi connectivity index (χ1) is 9.97. The number of aryl methyl sites for hydroxylation is 2. The van der Waals surface area contributed by atoms with Crippen LogP contribution in [0.4, 0.5) is 0 Å². The van der Waals surface area contributed by atoms with Crippen molar-refractivity contribution < 1.29 is 14.6 Å². The van der Waals surface area contributed by atoms with E-state index in [4.69, 9.17) is 4.74 Å². The molecule has 0 atom stereocenters. The summed E-state index contributed by atoms with van der Waals surface area (Å²) in [7, 11) is 0. The molecule has 1 aromatic rings. The average Bonchev–Trinajstić information content (AvgIpc) is 2.43. The number of hydrogen-bond acceptors (Lipinski definition) is 3. The predicted octanol–water partition coefficient (Wildman–Crippen LogP) is 1.97. The van der Waals surface area contributed by atoms with E-state index in [9.17, 15) is 9.90 Å². The van der Waals surface area contributed by atoms with Crippen LogP contribution in [-0.2, 0) is 9.53 Å². The Morgan fingerprint density at radius 2 is 1.90 bits per heavy atom. The smallest absolute Gasteiger partial charge is 0.244 e. The minimum atomic E-state index is -0.832. The minimum Gasteiger partial charge on any atom is -0.388 e. The first kappa shape index (κ1) is 15.7. The van der Waals surface area contributed by atoms with Crippen LogP contribution >= 0.6 is 0 Å². The highest BCUT2D eigenvalue weighted by Crippen LogP contribution is 2.19. The fourth-order valence-electron chi connectivity index (χ4n) is 2.52. The van der Waals surface area contributed by atoms with Gasteiger partial charge in [-0.2, -0.15) is 0 Å². The van der Waals surface area contributed by atoms with Gasteiger partial charge in [-0.3, -0.25) is 4.79 Å². The van der Waals surface area contributed by atoms with Gasteiger partial charge >= 0.3 is 0 Å². The van der Waals surface area contributed by atoms with Crippen molar-refractivity contribution in [3.05, 3.63) is 41.0 Å². The summed E-state index contributed by atoms with van der Waals surface area (Å²) in [5.41, 5.74) is 2.52. The Morgan fingerprint density at radius 1 is 1.29 bits per heavy atom. The molecular weight excluding hydrogens is 266 g/mol. The molecule has 4 heteroatoms. The van der Waals surface area contributed by atoms with Gasteiger partial charge in [0.2, 0.25) is 5.91 Å². The molecule has 1 aromatic carbocycles. The highest BCUT2D eigenvalue weighted by Gasteiger charge is 2.29. The predicted molar refractivity (Wildman–Crippen MR) is 83.0 cm³/mol. The van der Waals surface area contributed by atoms with Crippen molar-refractivity contribution in [3.63, 3.8) is 0 Å². The summed E-state index contributed by atoms with van der Waals surface area (Å²) >= 11 is 0. The normalized spacial score (nSPS) is 17.9. The van der Waals surface area contributed by atoms with Crippen LogP contribution in [0.1, 0.15) is 29.5 Å². The topological polar surface area (TPSA) is 58.6 Å². The van der Waals surface area contributed by atoms with Crippen LogP contribution in [0.2, 0.25) is 0 Å². The molecule has 0 spiro atoms. The molecule has 2 N–H and O–H groups in total. The zero-order valence-corrected chi connectivity index (χ0v) is 12.7. The maximum Gasteiger partial charge on any atom is 0.244 e. The zero-order chi connectivity index (χ0) is 15.3. The van der Waals surface area contributed by atoms with Crippen molar-refractivity contribution >= 4 is 12.0 Å². The Balaban J connectivity index is 1.87. The van der Waals surface area contributed by atoms with Crippen LogP contribution in [0.5, 0.6) is 0 Å². The number of carbonyl (C=O) groups is 1. The molecule has 4 nitrogen and oxygen atoms in total. The molecule has 2 rings (SSSR count). The lowest BCUT2D eigenvalue weighted by atomic mass is 9.94. The lowest BCUT2D eigenvalue weighted by molar-refractivity contribution is -0.119. The van der Waals surface area contributed by atoms with Gasteiger partial charge in [0.1, 0.15) is 0 Å². The van der Waals surface area contributed by atoms with Gasteiger partial charge in [-0.05, 0) is 25.5 Å². The molecule has 0 unspecified atom stereocenters. The van der Waals surface area contributed by atoms with E-state index in [0.29, 0.717) is 26.1 Å². The summed E-state index contributed by atoms with van der Waals surface area (Å²) in [5.74, 6) is -0.186. The quantitative estimate of drug-likeness (QED) is 0.833. The summed E-state index contributed by atoms with van der Waals surface area (Å²) in [6.45, 7) is 5.43. The van der Waals surface area contributed by atoms with Crippen LogP contribution in [-0.4, -0.2) is 36.4 Å². The standard InChI is InChI=1S/C17H23NO3/c1-13-9-14(2)11-15(10-13)3-4-16(19)18-12-17(20)5-7-21-8-6-17/h3-4,9-11,20H,5-8,12H2,1-2H3,(H,18,19)/b4-3+. The second-order valence-corrected chi connectivity index (χ2v) is 5.81. The number of aliphatic hydroxyl groups is 1. The van der Waals surface area contributed by atoms with E-state index in [1.54, 1.807) is 6.08 Å². The largest absolute Gasteiger partial charge is 0.388 e. The monoisotopic (exact) mass is 289 g/mol. The maximum absolute atomic E-state index is 11.8. The van der Waals surface area contributed by atoms with Crippen molar-refractivity contribution in [2.24, 2.45) is 0 Å². The number of nitrogens with one attached hydrogen (secondary N) is 1. The van der Waals surface area contributed by atoms with Gasteiger partial charge in [-0.1, -0.05) is 29.3 Å². The lowest BCUT2D eigenvalue weighted by Crippen LogP contribution is -2.46. The highest BCUT2D eigenvalue weighted by atomic mass is 16.5. The average molecular weight is 289 g/mol. The molecular formula is C17H23NO3. The molecule has 1 aliphatic heterocycles. The van der Waals surface area contributed by atoms with Crippen molar-refractivity contribution in [3.8, 4) is 0 Å². The first-order valence-electron chi connectivity index (χ1n) is 7.31. The Labute approximate surface area is 125 Å². The van der Waals surface area contributed by atoms with Gasteiger partial charge in [0.15, 0.2) is 0 Å². The van der Waals surface area contributed by atoms with Gasteiger partial charge in [0.05, 0.1) is 5.60 Å². The lowest BCUT2D eigenvalue weighted by Gasteiger charge is -2.31. The molecule has 0 saturated carbocycles. The Kier molecular flexibility index (Phi) is 5.15. The second-order valence-electron chi connectivity index (χ2n) is 5.81. The summed E-state index contributed by atoms with van der Waals surface area (Å²) < 4.78 is 5.21. The molecule has 0 aromatic heterocycles. The Morgan fingerprint density at radius 3 is 2.52 bits per heavy atom. The molecule has 0 radical (unpaired) electrons. The van der Waals surface area contributed by atoms with Crippen LogP contribution in [0.25, 0.3) is 6.08 Å². The van der Waals surface area contributed by atoms with E-state index in [0.717, 1.165) is 5.56 Å². The van der Waals surface area contributed by atoms with E-state index in [-0.39, 0.29) is 12.5 Å². The van der Waals surface area contributed by atoms with Crippen molar-refractivity contribution in [2.45, 2.75) is 32.3 Å². The van der Waals surface area contributed by atoms with Crippen LogP contribution in [0, 0.1) is 13.8 Å². The minimum absolute atomic E-state index is 0.186.